The Morgan fingerprint density at radius 3 is 2.40 bits per heavy atom. The zero-order valence-electron chi connectivity index (χ0n) is 12.1. The van der Waals surface area contributed by atoms with Crippen molar-refractivity contribution in [2.24, 2.45) is 0 Å². The van der Waals surface area contributed by atoms with E-state index < -0.39 is 0 Å². The van der Waals surface area contributed by atoms with Crippen molar-refractivity contribution >= 4 is 5.91 Å². The van der Waals surface area contributed by atoms with Gasteiger partial charge in [-0.2, -0.15) is 0 Å². The predicted octanol–water partition coefficient (Wildman–Crippen LogP) is 0.360. The molecule has 0 bridgehead atoms. The molecule has 0 aliphatic carbocycles. The van der Waals surface area contributed by atoms with Crippen LogP contribution in [-0.4, -0.2) is 55.9 Å². The molecule has 6 nitrogen and oxygen atoms in total. The van der Waals surface area contributed by atoms with Gasteiger partial charge in [-0.05, 0) is 6.07 Å². The Kier molecular flexibility index (Phi) is 7.60. The van der Waals surface area contributed by atoms with Crippen LogP contribution in [0.5, 0.6) is 0 Å². The number of hydrogen-bond acceptors (Lipinski definition) is 4. The number of amides is 1. The SMILES string of the molecule is COCCN(CCOC)C(=O)CCn1ccccc1=O. The molecule has 1 heterocycles. The second kappa shape index (κ2) is 9.28. The zero-order chi connectivity index (χ0) is 14.8. The van der Waals surface area contributed by atoms with Crippen LogP contribution >= 0.6 is 0 Å². The van der Waals surface area contributed by atoms with Crippen molar-refractivity contribution in [1.29, 1.82) is 0 Å². The van der Waals surface area contributed by atoms with Gasteiger partial charge in [0.15, 0.2) is 0 Å². The van der Waals surface area contributed by atoms with Gasteiger partial charge in [0.1, 0.15) is 0 Å². The molecule has 1 rings (SSSR count). The summed E-state index contributed by atoms with van der Waals surface area (Å²) in [6.45, 7) is 2.42. The smallest absolute Gasteiger partial charge is 0.250 e. The van der Waals surface area contributed by atoms with Gasteiger partial charge >= 0.3 is 0 Å². The van der Waals surface area contributed by atoms with Gasteiger partial charge in [-0.15, -0.1) is 0 Å². The molecule has 0 aliphatic heterocycles. The quantitative estimate of drug-likeness (QED) is 0.656. The van der Waals surface area contributed by atoms with Crippen LogP contribution in [0.3, 0.4) is 0 Å². The summed E-state index contributed by atoms with van der Waals surface area (Å²) in [6, 6.07) is 4.95. The Balaban J connectivity index is 2.52. The Bertz CT molecular complexity index is 450. The van der Waals surface area contributed by atoms with E-state index in [1.807, 2.05) is 0 Å². The molecule has 0 saturated heterocycles. The maximum Gasteiger partial charge on any atom is 0.250 e. The van der Waals surface area contributed by atoms with Gasteiger partial charge in [0.2, 0.25) is 5.91 Å². The van der Waals surface area contributed by atoms with Crippen LogP contribution in [0.25, 0.3) is 0 Å². The standard InChI is InChI=1S/C14H22N2O4/c1-19-11-9-16(10-12-20-2)14(18)6-8-15-7-4-3-5-13(15)17/h3-5,7H,6,8-12H2,1-2H3. The third-order valence-electron chi connectivity index (χ3n) is 2.95. The van der Waals surface area contributed by atoms with E-state index in [0.29, 0.717) is 32.8 Å². The van der Waals surface area contributed by atoms with Crippen molar-refractivity contribution < 1.29 is 14.3 Å². The molecule has 0 atom stereocenters. The number of rotatable bonds is 9. The van der Waals surface area contributed by atoms with Crippen molar-refractivity contribution in [1.82, 2.24) is 9.47 Å². The molecule has 0 spiro atoms. The topological polar surface area (TPSA) is 60.8 Å². The molecular formula is C14H22N2O4. The Morgan fingerprint density at radius 1 is 1.20 bits per heavy atom. The Morgan fingerprint density at radius 2 is 1.85 bits per heavy atom. The van der Waals surface area contributed by atoms with Gasteiger partial charge in [-0.3, -0.25) is 9.59 Å². The number of hydrogen-bond donors (Lipinski definition) is 0. The first-order valence-electron chi connectivity index (χ1n) is 6.60. The molecule has 1 aromatic heterocycles. The van der Waals surface area contributed by atoms with Crippen LogP contribution in [0.2, 0.25) is 0 Å². The van der Waals surface area contributed by atoms with Crippen LogP contribution in [0.15, 0.2) is 29.2 Å². The first-order valence-corrected chi connectivity index (χ1v) is 6.60. The lowest BCUT2D eigenvalue weighted by Gasteiger charge is -2.22. The monoisotopic (exact) mass is 282 g/mol. The number of ether oxygens (including phenoxy) is 2. The molecule has 20 heavy (non-hydrogen) atoms. The van der Waals surface area contributed by atoms with Gasteiger partial charge in [-0.25, -0.2) is 0 Å². The summed E-state index contributed by atoms with van der Waals surface area (Å²) in [4.78, 5) is 25.4. The highest BCUT2D eigenvalue weighted by atomic mass is 16.5. The normalized spacial score (nSPS) is 10.5. The molecule has 6 heteroatoms. The highest BCUT2D eigenvalue weighted by Crippen LogP contribution is 1.97. The van der Waals surface area contributed by atoms with E-state index >= 15 is 0 Å². The van der Waals surface area contributed by atoms with E-state index in [2.05, 4.69) is 0 Å². The van der Waals surface area contributed by atoms with Crippen molar-refractivity contribution in [3.8, 4) is 0 Å². The number of pyridine rings is 1. The highest BCUT2D eigenvalue weighted by molar-refractivity contribution is 5.76. The van der Waals surface area contributed by atoms with Crippen LogP contribution < -0.4 is 5.56 Å². The number of carbonyl (C=O) groups excluding carboxylic acids is 1. The molecule has 0 aliphatic rings. The molecule has 0 unspecified atom stereocenters. The highest BCUT2D eigenvalue weighted by Gasteiger charge is 2.13. The van der Waals surface area contributed by atoms with Gasteiger partial charge in [0.05, 0.1) is 13.2 Å². The van der Waals surface area contributed by atoms with E-state index in [4.69, 9.17) is 9.47 Å². The van der Waals surface area contributed by atoms with E-state index in [1.165, 1.54) is 10.6 Å². The van der Waals surface area contributed by atoms with Gasteiger partial charge in [0, 0.05) is 52.5 Å². The molecule has 1 amide bonds. The second-order valence-electron chi connectivity index (χ2n) is 4.35. The third kappa shape index (κ3) is 5.54. The maximum absolute atomic E-state index is 12.1. The third-order valence-corrected chi connectivity index (χ3v) is 2.95. The summed E-state index contributed by atoms with van der Waals surface area (Å²) in [6.07, 6.45) is 1.97. The van der Waals surface area contributed by atoms with E-state index in [-0.39, 0.29) is 17.9 Å². The van der Waals surface area contributed by atoms with Crippen LogP contribution in [-0.2, 0) is 20.8 Å². The molecule has 1 aromatic rings. The molecular weight excluding hydrogens is 260 g/mol. The fourth-order valence-electron chi connectivity index (χ4n) is 1.78. The van der Waals surface area contributed by atoms with E-state index in [9.17, 15) is 9.59 Å². The number of aryl methyl sites for hydroxylation is 1. The lowest BCUT2D eigenvalue weighted by Crippen LogP contribution is -2.37. The first kappa shape index (κ1) is 16.4. The second-order valence-corrected chi connectivity index (χ2v) is 4.35. The summed E-state index contributed by atoms with van der Waals surface area (Å²) >= 11 is 0. The lowest BCUT2D eigenvalue weighted by molar-refractivity contribution is -0.132. The summed E-state index contributed by atoms with van der Waals surface area (Å²) in [5.74, 6) is -0.00477. The van der Waals surface area contributed by atoms with Crippen molar-refractivity contribution in [2.75, 3.05) is 40.5 Å². The maximum atomic E-state index is 12.1. The van der Waals surface area contributed by atoms with Crippen molar-refractivity contribution in [3.05, 3.63) is 34.7 Å². The van der Waals surface area contributed by atoms with Crippen molar-refractivity contribution in [2.45, 2.75) is 13.0 Å². The fourth-order valence-corrected chi connectivity index (χ4v) is 1.78. The van der Waals surface area contributed by atoms with Crippen LogP contribution in [0, 0.1) is 0 Å². The summed E-state index contributed by atoms with van der Waals surface area (Å²) in [5, 5.41) is 0. The van der Waals surface area contributed by atoms with Gasteiger partial charge in [0.25, 0.3) is 5.56 Å². The van der Waals surface area contributed by atoms with Gasteiger partial charge in [-0.1, -0.05) is 6.07 Å². The number of carbonyl (C=O) groups is 1. The van der Waals surface area contributed by atoms with Crippen LogP contribution in [0.1, 0.15) is 6.42 Å². The van der Waals surface area contributed by atoms with E-state index in [0.717, 1.165) is 0 Å². The minimum Gasteiger partial charge on any atom is -0.383 e. The Hall–Kier alpha value is -1.66. The summed E-state index contributed by atoms with van der Waals surface area (Å²) < 4.78 is 11.5. The Labute approximate surface area is 118 Å². The number of methoxy groups -OCH3 is 2. The molecule has 0 aromatic carbocycles. The molecule has 0 radical (unpaired) electrons. The fraction of sp³-hybridized carbons (Fsp3) is 0.571. The number of aromatic nitrogens is 1. The molecule has 0 fully saturated rings. The van der Waals surface area contributed by atoms with E-state index in [1.54, 1.807) is 37.4 Å². The van der Waals surface area contributed by atoms with Gasteiger partial charge < -0.3 is 18.9 Å². The van der Waals surface area contributed by atoms with Crippen molar-refractivity contribution in [3.63, 3.8) is 0 Å². The minimum absolute atomic E-state index is 0.00477. The van der Waals surface area contributed by atoms with Crippen LogP contribution in [0.4, 0.5) is 0 Å². The largest absolute Gasteiger partial charge is 0.383 e. The molecule has 112 valence electrons. The molecule has 0 N–H and O–H groups in total. The minimum atomic E-state index is -0.0966. The number of nitrogens with zero attached hydrogens (tertiary/aromatic N) is 2. The lowest BCUT2D eigenvalue weighted by atomic mass is 10.3. The predicted molar refractivity (Wildman–Crippen MR) is 75.7 cm³/mol. The summed E-state index contributed by atoms with van der Waals surface area (Å²) in [7, 11) is 3.20. The average Bonchev–Trinajstić information content (AvgIpc) is 2.46. The molecule has 0 saturated carbocycles. The zero-order valence-corrected chi connectivity index (χ0v) is 12.1. The average molecular weight is 282 g/mol. The summed E-state index contributed by atoms with van der Waals surface area (Å²) in [5.41, 5.74) is -0.0966. The first-order chi connectivity index (χ1) is 9.69.